The zero-order valence-corrected chi connectivity index (χ0v) is 10.1. The van der Waals surface area contributed by atoms with E-state index in [1.807, 2.05) is 30.3 Å². The Morgan fingerprint density at radius 1 is 1.28 bits per heavy atom. The Morgan fingerprint density at radius 3 is 2.78 bits per heavy atom. The Bertz CT molecular complexity index is 534. The number of hydrogen-bond acceptors (Lipinski definition) is 5. The second-order valence-electron chi connectivity index (χ2n) is 3.29. The Kier molecular flexibility index (Phi) is 4.14. The van der Waals surface area contributed by atoms with Gasteiger partial charge in [-0.3, -0.25) is 4.79 Å². The summed E-state index contributed by atoms with van der Waals surface area (Å²) in [6.07, 6.45) is 1.35. The molecule has 0 bridgehead atoms. The molecule has 0 aliphatic carbocycles. The standard InChI is InChI=1S/C12H10N2O3S/c15-12(16)7-18-11-6-10(13-8-14-11)17-9-4-2-1-3-5-9/h1-6,8H,7H2,(H,15,16). The van der Waals surface area contributed by atoms with Crippen molar-refractivity contribution in [3.05, 3.63) is 42.7 Å². The molecule has 1 aromatic heterocycles. The summed E-state index contributed by atoms with van der Waals surface area (Å²) < 4.78 is 5.51. The maximum atomic E-state index is 10.5. The number of aromatic nitrogens is 2. The molecule has 5 nitrogen and oxygen atoms in total. The number of carbonyl (C=O) groups is 1. The summed E-state index contributed by atoms with van der Waals surface area (Å²) in [6, 6.07) is 10.8. The number of rotatable bonds is 5. The summed E-state index contributed by atoms with van der Waals surface area (Å²) in [5, 5.41) is 9.15. The fourth-order valence-electron chi connectivity index (χ4n) is 1.20. The zero-order valence-electron chi connectivity index (χ0n) is 9.31. The van der Waals surface area contributed by atoms with Crippen LogP contribution in [0.25, 0.3) is 0 Å². The molecule has 92 valence electrons. The lowest BCUT2D eigenvalue weighted by atomic mass is 10.3. The molecule has 18 heavy (non-hydrogen) atoms. The van der Waals surface area contributed by atoms with Gasteiger partial charge in [0.05, 0.1) is 5.75 Å². The first-order valence-electron chi connectivity index (χ1n) is 5.13. The lowest BCUT2D eigenvalue weighted by Crippen LogP contribution is -1.98. The first-order chi connectivity index (χ1) is 8.74. The van der Waals surface area contributed by atoms with Crippen molar-refractivity contribution in [1.29, 1.82) is 0 Å². The highest BCUT2D eigenvalue weighted by Gasteiger charge is 2.04. The lowest BCUT2D eigenvalue weighted by molar-refractivity contribution is -0.133. The minimum atomic E-state index is -0.885. The number of para-hydroxylation sites is 1. The summed E-state index contributed by atoms with van der Waals surface area (Å²) in [7, 11) is 0. The monoisotopic (exact) mass is 262 g/mol. The highest BCUT2D eigenvalue weighted by atomic mass is 32.2. The Labute approximate surface area is 108 Å². The van der Waals surface area contributed by atoms with Crippen molar-refractivity contribution in [3.8, 4) is 11.6 Å². The van der Waals surface area contributed by atoms with Crippen molar-refractivity contribution < 1.29 is 14.6 Å². The molecule has 0 amide bonds. The Hall–Kier alpha value is -2.08. The number of aliphatic carboxylic acids is 1. The predicted molar refractivity (Wildman–Crippen MR) is 66.9 cm³/mol. The molecule has 0 saturated carbocycles. The van der Waals surface area contributed by atoms with Gasteiger partial charge in [-0.2, -0.15) is 0 Å². The molecule has 1 aromatic carbocycles. The van der Waals surface area contributed by atoms with E-state index in [2.05, 4.69) is 9.97 Å². The number of carboxylic acid groups (broad SMARTS) is 1. The van der Waals surface area contributed by atoms with Crippen LogP contribution >= 0.6 is 11.8 Å². The van der Waals surface area contributed by atoms with E-state index in [4.69, 9.17) is 9.84 Å². The third kappa shape index (κ3) is 3.74. The molecular formula is C12H10N2O3S. The largest absolute Gasteiger partial charge is 0.481 e. The minimum absolute atomic E-state index is 0.0399. The highest BCUT2D eigenvalue weighted by Crippen LogP contribution is 2.22. The van der Waals surface area contributed by atoms with E-state index in [0.717, 1.165) is 11.8 Å². The summed E-state index contributed by atoms with van der Waals surface area (Å²) in [4.78, 5) is 18.4. The minimum Gasteiger partial charge on any atom is -0.481 e. The van der Waals surface area contributed by atoms with Gasteiger partial charge in [-0.25, -0.2) is 9.97 Å². The van der Waals surface area contributed by atoms with Gasteiger partial charge in [-0.15, -0.1) is 0 Å². The van der Waals surface area contributed by atoms with Crippen LogP contribution in [0.5, 0.6) is 11.6 Å². The van der Waals surface area contributed by atoms with Crippen molar-refractivity contribution in [3.63, 3.8) is 0 Å². The van der Waals surface area contributed by atoms with Crippen LogP contribution in [0.4, 0.5) is 0 Å². The first kappa shape index (κ1) is 12.4. The van der Waals surface area contributed by atoms with Crippen molar-refractivity contribution in [2.75, 3.05) is 5.75 Å². The van der Waals surface area contributed by atoms with E-state index in [1.54, 1.807) is 6.07 Å². The average Bonchev–Trinajstić information content (AvgIpc) is 2.38. The van der Waals surface area contributed by atoms with Crippen LogP contribution in [0.2, 0.25) is 0 Å². The first-order valence-corrected chi connectivity index (χ1v) is 6.12. The van der Waals surface area contributed by atoms with Gasteiger partial charge in [0.2, 0.25) is 5.88 Å². The fourth-order valence-corrected chi connectivity index (χ4v) is 1.78. The Morgan fingerprint density at radius 2 is 2.06 bits per heavy atom. The SMILES string of the molecule is O=C(O)CSc1cc(Oc2ccccc2)ncn1. The van der Waals surface area contributed by atoms with Gasteiger partial charge in [-0.1, -0.05) is 30.0 Å². The molecule has 2 rings (SSSR count). The molecule has 0 aliphatic heterocycles. The third-order valence-corrected chi connectivity index (χ3v) is 2.84. The van der Waals surface area contributed by atoms with Crippen LogP contribution in [0, 0.1) is 0 Å². The number of thioether (sulfide) groups is 1. The lowest BCUT2D eigenvalue weighted by Gasteiger charge is -2.04. The molecule has 0 unspecified atom stereocenters. The predicted octanol–water partition coefficient (Wildman–Crippen LogP) is 2.45. The van der Waals surface area contributed by atoms with E-state index < -0.39 is 5.97 Å². The van der Waals surface area contributed by atoms with Gasteiger partial charge < -0.3 is 9.84 Å². The second kappa shape index (κ2) is 6.02. The van der Waals surface area contributed by atoms with Crippen LogP contribution in [0.1, 0.15) is 0 Å². The van der Waals surface area contributed by atoms with E-state index in [0.29, 0.717) is 16.7 Å². The molecule has 0 aliphatic rings. The zero-order chi connectivity index (χ0) is 12.8. The van der Waals surface area contributed by atoms with Gasteiger partial charge in [-0.05, 0) is 12.1 Å². The van der Waals surface area contributed by atoms with E-state index in [9.17, 15) is 4.79 Å². The average molecular weight is 262 g/mol. The molecule has 6 heteroatoms. The summed E-state index contributed by atoms with van der Waals surface area (Å²) in [5.74, 6) is 0.139. The number of benzene rings is 1. The van der Waals surface area contributed by atoms with Crippen molar-refractivity contribution >= 4 is 17.7 Å². The molecule has 0 saturated heterocycles. The fraction of sp³-hybridized carbons (Fsp3) is 0.0833. The molecule has 2 aromatic rings. The van der Waals surface area contributed by atoms with Crippen LogP contribution in [-0.2, 0) is 4.79 Å². The van der Waals surface area contributed by atoms with Crippen LogP contribution in [-0.4, -0.2) is 26.8 Å². The van der Waals surface area contributed by atoms with Gasteiger partial charge in [0.15, 0.2) is 0 Å². The molecular weight excluding hydrogens is 252 g/mol. The Balaban J connectivity index is 2.05. The topological polar surface area (TPSA) is 72.3 Å². The van der Waals surface area contributed by atoms with E-state index >= 15 is 0 Å². The molecule has 0 fully saturated rings. The van der Waals surface area contributed by atoms with Gasteiger partial charge in [0.25, 0.3) is 0 Å². The third-order valence-electron chi connectivity index (χ3n) is 1.93. The number of nitrogens with zero attached hydrogens (tertiary/aromatic N) is 2. The highest BCUT2D eigenvalue weighted by molar-refractivity contribution is 7.99. The van der Waals surface area contributed by atoms with Crippen LogP contribution < -0.4 is 4.74 Å². The van der Waals surface area contributed by atoms with Crippen LogP contribution in [0.15, 0.2) is 47.8 Å². The van der Waals surface area contributed by atoms with E-state index in [1.165, 1.54) is 6.33 Å². The smallest absolute Gasteiger partial charge is 0.313 e. The summed E-state index contributed by atoms with van der Waals surface area (Å²) in [5.41, 5.74) is 0. The quantitative estimate of drug-likeness (QED) is 0.659. The number of hydrogen-bond donors (Lipinski definition) is 1. The van der Waals surface area contributed by atoms with Crippen molar-refractivity contribution in [2.45, 2.75) is 5.03 Å². The number of carboxylic acids is 1. The van der Waals surface area contributed by atoms with Gasteiger partial charge in [0, 0.05) is 6.07 Å². The maximum Gasteiger partial charge on any atom is 0.313 e. The van der Waals surface area contributed by atoms with E-state index in [-0.39, 0.29) is 5.75 Å². The maximum absolute atomic E-state index is 10.5. The van der Waals surface area contributed by atoms with Gasteiger partial charge in [0.1, 0.15) is 17.1 Å². The van der Waals surface area contributed by atoms with Crippen molar-refractivity contribution in [1.82, 2.24) is 9.97 Å². The molecule has 1 heterocycles. The normalized spacial score (nSPS) is 10.0. The molecule has 0 atom stereocenters. The number of ether oxygens (including phenoxy) is 1. The molecule has 0 radical (unpaired) electrons. The van der Waals surface area contributed by atoms with Crippen molar-refractivity contribution in [2.24, 2.45) is 0 Å². The second-order valence-corrected chi connectivity index (χ2v) is 4.29. The molecule has 0 spiro atoms. The van der Waals surface area contributed by atoms with Gasteiger partial charge >= 0.3 is 5.97 Å². The summed E-state index contributed by atoms with van der Waals surface area (Å²) in [6.45, 7) is 0. The summed E-state index contributed by atoms with van der Waals surface area (Å²) >= 11 is 1.12. The van der Waals surface area contributed by atoms with Crippen LogP contribution in [0.3, 0.4) is 0 Å². The molecule has 1 N–H and O–H groups in total.